The normalized spacial score (nSPS) is 10.3. The Kier molecular flexibility index (Phi) is 5.83. The van der Waals surface area contributed by atoms with Gasteiger partial charge in [-0.15, -0.1) is 0 Å². The molecule has 0 atom stereocenters. The summed E-state index contributed by atoms with van der Waals surface area (Å²) in [7, 11) is 2.08. The number of hydrogen-bond donors (Lipinski definition) is 1. The Hall–Kier alpha value is -1.79. The molecule has 0 saturated heterocycles. The quantitative estimate of drug-likeness (QED) is 0.876. The average Bonchev–Trinajstić information content (AvgIpc) is 2.48. The van der Waals surface area contributed by atoms with Crippen molar-refractivity contribution in [3.8, 4) is 11.8 Å². The van der Waals surface area contributed by atoms with Crippen LogP contribution in [-0.2, 0) is 13.1 Å². The molecule has 2 nitrogen and oxygen atoms in total. The molecular formula is C18H18ClNO. The lowest BCUT2D eigenvalue weighted by molar-refractivity contribution is 0.319. The molecule has 0 aromatic heterocycles. The minimum Gasteiger partial charge on any atom is -0.384 e. The number of hydrogen-bond acceptors (Lipinski definition) is 2. The van der Waals surface area contributed by atoms with E-state index < -0.39 is 0 Å². The highest BCUT2D eigenvalue weighted by Gasteiger charge is 2.02. The number of halogens is 1. The first-order valence-electron chi connectivity index (χ1n) is 6.79. The molecule has 0 saturated carbocycles. The summed E-state index contributed by atoms with van der Waals surface area (Å²) in [5.41, 5.74) is 3.37. The molecule has 0 heterocycles. The van der Waals surface area contributed by atoms with Crippen molar-refractivity contribution < 1.29 is 5.11 Å². The first-order chi connectivity index (χ1) is 10.2. The molecule has 21 heavy (non-hydrogen) atoms. The van der Waals surface area contributed by atoms with E-state index in [1.54, 1.807) is 0 Å². The first-order valence-corrected chi connectivity index (χ1v) is 7.17. The molecule has 0 aliphatic heterocycles. The summed E-state index contributed by atoms with van der Waals surface area (Å²) >= 11 is 5.89. The topological polar surface area (TPSA) is 23.5 Å². The maximum absolute atomic E-state index is 8.73. The number of aliphatic hydroxyl groups is 1. The lowest BCUT2D eigenvalue weighted by Gasteiger charge is -2.17. The minimum absolute atomic E-state index is 0.110. The van der Waals surface area contributed by atoms with Gasteiger partial charge >= 0.3 is 0 Å². The van der Waals surface area contributed by atoms with Crippen molar-refractivity contribution in [1.29, 1.82) is 0 Å². The molecule has 0 unspecified atom stereocenters. The molecule has 2 aromatic carbocycles. The highest BCUT2D eigenvalue weighted by Crippen LogP contribution is 2.13. The van der Waals surface area contributed by atoms with E-state index in [0.717, 1.165) is 23.7 Å². The lowest BCUT2D eigenvalue weighted by Crippen LogP contribution is -2.17. The third-order valence-corrected chi connectivity index (χ3v) is 3.31. The molecular weight excluding hydrogens is 282 g/mol. The maximum Gasteiger partial charge on any atom is 0.104 e. The van der Waals surface area contributed by atoms with Gasteiger partial charge in [-0.25, -0.2) is 0 Å². The fraction of sp³-hybridized carbons (Fsp3) is 0.222. The Morgan fingerprint density at radius 1 is 1.05 bits per heavy atom. The van der Waals surface area contributed by atoms with Gasteiger partial charge in [0.15, 0.2) is 0 Å². The molecule has 0 aliphatic carbocycles. The van der Waals surface area contributed by atoms with Crippen LogP contribution in [0.1, 0.15) is 16.7 Å². The van der Waals surface area contributed by atoms with E-state index in [9.17, 15) is 0 Å². The van der Waals surface area contributed by atoms with Gasteiger partial charge in [0, 0.05) is 23.7 Å². The van der Waals surface area contributed by atoms with Crippen LogP contribution in [0.3, 0.4) is 0 Å². The van der Waals surface area contributed by atoms with Gasteiger partial charge in [0.25, 0.3) is 0 Å². The second-order valence-electron chi connectivity index (χ2n) is 4.96. The smallest absolute Gasteiger partial charge is 0.104 e. The zero-order chi connectivity index (χ0) is 15.1. The van der Waals surface area contributed by atoms with Crippen LogP contribution in [0.2, 0.25) is 5.02 Å². The predicted octanol–water partition coefficient (Wildman–Crippen LogP) is 3.32. The predicted molar refractivity (Wildman–Crippen MR) is 87.0 cm³/mol. The van der Waals surface area contributed by atoms with E-state index in [1.165, 1.54) is 11.1 Å². The standard InChI is InChI=1S/C18H18ClNO/c1-20(13-16-7-9-18(19)10-8-16)14-17-5-2-4-15(12-17)6-3-11-21/h2,4-5,7-10,12,21H,11,13-14H2,1H3. The summed E-state index contributed by atoms with van der Waals surface area (Å²) in [4.78, 5) is 2.24. The second-order valence-corrected chi connectivity index (χ2v) is 5.40. The molecule has 0 bridgehead atoms. The summed E-state index contributed by atoms with van der Waals surface area (Å²) in [6.45, 7) is 1.60. The van der Waals surface area contributed by atoms with E-state index in [-0.39, 0.29) is 6.61 Å². The van der Waals surface area contributed by atoms with Gasteiger partial charge in [0.05, 0.1) is 0 Å². The molecule has 0 fully saturated rings. The Balaban J connectivity index is 1.99. The van der Waals surface area contributed by atoms with E-state index >= 15 is 0 Å². The number of benzene rings is 2. The van der Waals surface area contributed by atoms with E-state index in [1.807, 2.05) is 36.4 Å². The number of nitrogens with zero attached hydrogens (tertiary/aromatic N) is 1. The molecule has 0 spiro atoms. The molecule has 2 aromatic rings. The number of aliphatic hydroxyl groups excluding tert-OH is 1. The molecule has 0 aliphatic rings. The Bertz CT molecular complexity index is 640. The van der Waals surface area contributed by atoms with Crippen molar-refractivity contribution in [2.75, 3.05) is 13.7 Å². The zero-order valence-corrected chi connectivity index (χ0v) is 12.8. The van der Waals surface area contributed by atoms with Crippen molar-refractivity contribution in [2.45, 2.75) is 13.1 Å². The third-order valence-electron chi connectivity index (χ3n) is 3.06. The van der Waals surface area contributed by atoms with Crippen LogP contribution in [0, 0.1) is 11.8 Å². The summed E-state index contributed by atoms with van der Waals surface area (Å²) in [5, 5.41) is 9.50. The first kappa shape index (κ1) is 15.6. The van der Waals surface area contributed by atoms with Crippen molar-refractivity contribution in [1.82, 2.24) is 4.90 Å². The maximum atomic E-state index is 8.73. The van der Waals surface area contributed by atoms with Gasteiger partial charge in [-0.05, 0) is 42.4 Å². The fourth-order valence-electron chi connectivity index (χ4n) is 2.16. The van der Waals surface area contributed by atoms with Crippen LogP contribution in [-0.4, -0.2) is 23.7 Å². The summed E-state index contributed by atoms with van der Waals surface area (Å²) in [5.74, 6) is 5.60. The van der Waals surface area contributed by atoms with Crippen molar-refractivity contribution in [3.05, 3.63) is 70.2 Å². The molecule has 108 valence electrons. The van der Waals surface area contributed by atoms with Crippen LogP contribution in [0.15, 0.2) is 48.5 Å². The van der Waals surface area contributed by atoms with Gasteiger partial charge in [0.2, 0.25) is 0 Å². The largest absolute Gasteiger partial charge is 0.384 e. The zero-order valence-electron chi connectivity index (χ0n) is 12.0. The fourth-order valence-corrected chi connectivity index (χ4v) is 2.28. The number of rotatable bonds is 4. The minimum atomic E-state index is -0.110. The highest BCUT2D eigenvalue weighted by atomic mass is 35.5. The van der Waals surface area contributed by atoms with Gasteiger partial charge < -0.3 is 5.11 Å². The van der Waals surface area contributed by atoms with E-state index in [0.29, 0.717) is 0 Å². The molecule has 3 heteroatoms. The highest BCUT2D eigenvalue weighted by molar-refractivity contribution is 6.30. The molecule has 0 radical (unpaired) electrons. The van der Waals surface area contributed by atoms with E-state index in [4.69, 9.17) is 16.7 Å². The Morgan fingerprint density at radius 2 is 1.76 bits per heavy atom. The van der Waals surface area contributed by atoms with Crippen LogP contribution in [0.5, 0.6) is 0 Å². The van der Waals surface area contributed by atoms with Crippen molar-refractivity contribution in [3.63, 3.8) is 0 Å². The molecule has 2 rings (SSSR count). The lowest BCUT2D eigenvalue weighted by atomic mass is 10.1. The summed E-state index contributed by atoms with van der Waals surface area (Å²) < 4.78 is 0. The summed E-state index contributed by atoms with van der Waals surface area (Å²) in [6, 6.07) is 16.0. The molecule has 1 N–H and O–H groups in total. The van der Waals surface area contributed by atoms with Gasteiger partial charge in [-0.3, -0.25) is 4.90 Å². The third kappa shape index (κ3) is 5.24. The van der Waals surface area contributed by atoms with Gasteiger partial charge in [0.1, 0.15) is 6.61 Å². The van der Waals surface area contributed by atoms with Crippen molar-refractivity contribution >= 4 is 11.6 Å². The van der Waals surface area contributed by atoms with Crippen LogP contribution < -0.4 is 0 Å². The SMILES string of the molecule is CN(Cc1ccc(Cl)cc1)Cc1cccc(C#CCO)c1. The van der Waals surface area contributed by atoms with Crippen LogP contribution in [0.25, 0.3) is 0 Å². The Morgan fingerprint density at radius 3 is 2.48 bits per heavy atom. The Labute approximate surface area is 131 Å². The van der Waals surface area contributed by atoms with Crippen LogP contribution >= 0.6 is 11.6 Å². The molecule has 0 amide bonds. The van der Waals surface area contributed by atoms with Gasteiger partial charge in [-0.2, -0.15) is 0 Å². The van der Waals surface area contributed by atoms with Gasteiger partial charge in [-0.1, -0.05) is 47.7 Å². The monoisotopic (exact) mass is 299 g/mol. The average molecular weight is 300 g/mol. The summed E-state index contributed by atoms with van der Waals surface area (Å²) in [6.07, 6.45) is 0. The van der Waals surface area contributed by atoms with Crippen molar-refractivity contribution in [2.24, 2.45) is 0 Å². The van der Waals surface area contributed by atoms with E-state index in [2.05, 4.69) is 35.9 Å². The second kappa shape index (κ2) is 7.85. The van der Waals surface area contributed by atoms with Crippen LogP contribution in [0.4, 0.5) is 0 Å².